The molecule has 0 saturated heterocycles. The van der Waals surface area contributed by atoms with Gasteiger partial charge in [0.15, 0.2) is 0 Å². The van der Waals surface area contributed by atoms with Gasteiger partial charge in [0, 0.05) is 22.5 Å². The van der Waals surface area contributed by atoms with Gasteiger partial charge in [-0.1, -0.05) is 91.0 Å². The zero-order chi connectivity index (χ0) is 28.0. The molecule has 3 heteroatoms. The van der Waals surface area contributed by atoms with Gasteiger partial charge in [-0.2, -0.15) is 5.26 Å². The molecule has 6 aromatic carbocycles. The Hall–Kier alpha value is -5.85. The van der Waals surface area contributed by atoms with Gasteiger partial charge >= 0.3 is 0 Å². The van der Waals surface area contributed by atoms with Crippen LogP contribution in [0, 0.1) is 11.3 Å². The maximum atomic E-state index is 9.17. The summed E-state index contributed by atoms with van der Waals surface area (Å²) in [5.74, 6) is 0. The van der Waals surface area contributed by atoms with Gasteiger partial charge in [0.2, 0.25) is 0 Å². The van der Waals surface area contributed by atoms with Crippen LogP contribution in [-0.4, -0.2) is 9.97 Å². The van der Waals surface area contributed by atoms with E-state index in [4.69, 9.17) is 10.2 Å². The normalized spacial score (nSPS) is 11.3. The van der Waals surface area contributed by atoms with Gasteiger partial charge in [-0.3, -0.25) is 4.98 Å². The monoisotopic (exact) mass is 533 g/mol. The lowest BCUT2D eigenvalue weighted by Crippen LogP contribution is -1.89. The molecule has 0 aliphatic rings. The Morgan fingerprint density at radius 3 is 1.95 bits per heavy atom. The van der Waals surface area contributed by atoms with Crippen molar-refractivity contribution in [3.05, 3.63) is 145 Å². The van der Waals surface area contributed by atoms with Crippen molar-refractivity contribution >= 4 is 43.4 Å². The van der Waals surface area contributed by atoms with Crippen LogP contribution in [0.25, 0.3) is 76.9 Å². The van der Waals surface area contributed by atoms with Crippen molar-refractivity contribution in [2.75, 3.05) is 0 Å². The lowest BCUT2D eigenvalue weighted by atomic mass is 9.94. The number of hydrogen-bond acceptors (Lipinski definition) is 3. The average molecular weight is 534 g/mol. The van der Waals surface area contributed by atoms with E-state index in [1.165, 1.54) is 32.7 Å². The zero-order valence-electron chi connectivity index (χ0n) is 22.6. The van der Waals surface area contributed by atoms with Gasteiger partial charge in [0.1, 0.15) is 0 Å². The topological polar surface area (TPSA) is 49.6 Å². The van der Waals surface area contributed by atoms with E-state index in [9.17, 15) is 0 Å². The van der Waals surface area contributed by atoms with E-state index in [-0.39, 0.29) is 0 Å². The summed E-state index contributed by atoms with van der Waals surface area (Å²) in [4.78, 5) is 9.68. The maximum absolute atomic E-state index is 9.17. The number of aromatic nitrogens is 2. The molecular weight excluding hydrogens is 510 g/mol. The van der Waals surface area contributed by atoms with E-state index in [2.05, 4.69) is 114 Å². The highest BCUT2D eigenvalue weighted by atomic mass is 14.7. The fourth-order valence-electron chi connectivity index (χ4n) is 5.91. The van der Waals surface area contributed by atoms with E-state index in [0.717, 1.165) is 44.2 Å². The van der Waals surface area contributed by atoms with Crippen LogP contribution in [0.4, 0.5) is 0 Å². The minimum Gasteiger partial charge on any atom is -0.254 e. The molecule has 0 aliphatic carbocycles. The van der Waals surface area contributed by atoms with Crippen LogP contribution < -0.4 is 0 Å². The second-order valence-electron chi connectivity index (χ2n) is 10.6. The van der Waals surface area contributed by atoms with Crippen molar-refractivity contribution in [3.63, 3.8) is 0 Å². The number of nitriles is 1. The molecule has 0 bridgehead atoms. The summed E-state index contributed by atoms with van der Waals surface area (Å²) in [7, 11) is 0. The molecule has 8 aromatic rings. The largest absolute Gasteiger partial charge is 0.254 e. The summed E-state index contributed by atoms with van der Waals surface area (Å²) in [6.07, 6.45) is 1.83. The molecule has 0 N–H and O–H groups in total. The summed E-state index contributed by atoms with van der Waals surface area (Å²) in [5.41, 5.74) is 9.17. The number of pyridine rings is 2. The van der Waals surface area contributed by atoms with Crippen molar-refractivity contribution in [1.29, 1.82) is 5.26 Å². The van der Waals surface area contributed by atoms with E-state index >= 15 is 0 Å². The third kappa shape index (κ3) is 4.06. The third-order valence-electron chi connectivity index (χ3n) is 8.11. The molecule has 0 saturated carbocycles. The maximum Gasteiger partial charge on any atom is 0.0991 e. The smallest absolute Gasteiger partial charge is 0.0991 e. The molecule has 8 rings (SSSR count). The minimum atomic E-state index is 0.669. The highest BCUT2D eigenvalue weighted by Gasteiger charge is 2.09. The second-order valence-corrected chi connectivity index (χ2v) is 10.6. The standard InChI is InChI=1S/C39H23N3/c40-24-25-6-8-27(9-7-25)35-5-1-3-32-21-31(16-18-36(32)35)30-14-10-26-11-15-33(23-34(26)22-30)37-19-17-29-13-12-28-4-2-20-41-38(28)39(29)42-37/h1-23H. The Bertz CT molecular complexity index is 2360. The van der Waals surface area contributed by atoms with Crippen molar-refractivity contribution < 1.29 is 0 Å². The van der Waals surface area contributed by atoms with E-state index < -0.39 is 0 Å². The third-order valence-corrected chi connectivity index (χ3v) is 8.11. The molecule has 0 fully saturated rings. The van der Waals surface area contributed by atoms with Crippen LogP contribution in [0.15, 0.2) is 140 Å². The average Bonchev–Trinajstić information content (AvgIpc) is 3.07. The van der Waals surface area contributed by atoms with Crippen LogP contribution in [0.5, 0.6) is 0 Å². The molecule has 0 radical (unpaired) electrons. The number of nitrogens with zero attached hydrogens (tertiary/aromatic N) is 3. The summed E-state index contributed by atoms with van der Waals surface area (Å²) in [6, 6.07) is 48.7. The van der Waals surface area contributed by atoms with Crippen LogP contribution in [-0.2, 0) is 0 Å². The van der Waals surface area contributed by atoms with Crippen molar-refractivity contribution in [2.45, 2.75) is 0 Å². The molecule has 194 valence electrons. The van der Waals surface area contributed by atoms with E-state index in [0.29, 0.717) is 5.56 Å². The predicted molar refractivity (Wildman–Crippen MR) is 173 cm³/mol. The van der Waals surface area contributed by atoms with Gasteiger partial charge in [-0.25, -0.2) is 4.98 Å². The zero-order valence-corrected chi connectivity index (χ0v) is 22.6. The van der Waals surface area contributed by atoms with Crippen molar-refractivity contribution in [3.8, 4) is 39.6 Å². The molecular formula is C39H23N3. The molecule has 2 heterocycles. The van der Waals surface area contributed by atoms with Gasteiger partial charge in [0.25, 0.3) is 0 Å². The molecule has 3 nitrogen and oxygen atoms in total. The Kier molecular flexibility index (Phi) is 5.52. The van der Waals surface area contributed by atoms with Crippen molar-refractivity contribution in [2.24, 2.45) is 0 Å². The molecule has 42 heavy (non-hydrogen) atoms. The van der Waals surface area contributed by atoms with Crippen LogP contribution in [0.1, 0.15) is 5.56 Å². The Balaban J connectivity index is 1.19. The van der Waals surface area contributed by atoms with Crippen LogP contribution >= 0.6 is 0 Å². The van der Waals surface area contributed by atoms with Gasteiger partial charge in [-0.15, -0.1) is 0 Å². The lowest BCUT2D eigenvalue weighted by Gasteiger charge is -2.11. The highest BCUT2D eigenvalue weighted by molar-refractivity contribution is 6.04. The quantitative estimate of drug-likeness (QED) is 0.212. The summed E-state index contributed by atoms with van der Waals surface area (Å²) < 4.78 is 0. The Morgan fingerprint density at radius 2 is 1.12 bits per heavy atom. The Morgan fingerprint density at radius 1 is 0.476 bits per heavy atom. The van der Waals surface area contributed by atoms with E-state index in [1.807, 2.05) is 36.5 Å². The Labute approximate surface area is 243 Å². The first-order valence-electron chi connectivity index (χ1n) is 14.0. The SMILES string of the molecule is N#Cc1ccc(-c2cccc3cc(-c4ccc5ccc(-c6ccc7ccc8cccnc8c7n6)cc5c4)ccc23)cc1. The van der Waals surface area contributed by atoms with Gasteiger partial charge < -0.3 is 0 Å². The second kappa shape index (κ2) is 9.66. The van der Waals surface area contributed by atoms with Crippen LogP contribution in [0.3, 0.4) is 0 Å². The first-order chi connectivity index (χ1) is 20.7. The fourth-order valence-corrected chi connectivity index (χ4v) is 5.91. The first kappa shape index (κ1) is 24.0. The van der Waals surface area contributed by atoms with Gasteiger partial charge in [-0.05, 0) is 86.3 Å². The summed E-state index contributed by atoms with van der Waals surface area (Å²) in [6.45, 7) is 0. The first-order valence-corrected chi connectivity index (χ1v) is 14.0. The van der Waals surface area contributed by atoms with Crippen LogP contribution in [0.2, 0.25) is 0 Å². The molecule has 0 atom stereocenters. The number of rotatable bonds is 3. The van der Waals surface area contributed by atoms with E-state index in [1.54, 1.807) is 0 Å². The van der Waals surface area contributed by atoms with Crippen molar-refractivity contribution in [1.82, 2.24) is 9.97 Å². The summed E-state index contributed by atoms with van der Waals surface area (Å²) >= 11 is 0. The lowest BCUT2D eigenvalue weighted by molar-refractivity contribution is 1.37. The molecule has 0 amide bonds. The number of hydrogen-bond donors (Lipinski definition) is 0. The molecule has 0 unspecified atom stereocenters. The number of fused-ring (bicyclic) bond motifs is 5. The highest BCUT2D eigenvalue weighted by Crippen LogP contribution is 2.34. The minimum absolute atomic E-state index is 0.669. The summed E-state index contributed by atoms with van der Waals surface area (Å²) in [5, 5.41) is 16.1. The molecule has 0 aliphatic heterocycles. The number of benzene rings is 6. The predicted octanol–water partition coefficient (Wildman–Crippen LogP) is 9.96. The molecule has 2 aromatic heterocycles. The fraction of sp³-hybridized carbons (Fsp3) is 0. The van der Waals surface area contributed by atoms with Gasteiger partial charge in [0.05, 0.1) is 28.4 Å². The molecule has 0 spiro atoms.